The Kier molecular flexibility index (Phi) is 3.88. The highest BCUT2D eigenvalue weighted by atomic mass is 79.9. The molecule has 0 aromatic carbocycles. The molecule has 0 aliphatic rings. The van der Waals surface area contributed by atoms with Crippen LogP contribution in [0.4, 0.5) is 5.82 Å². The third-order valence-corrected chi connectivity index (χ3v) is 5.54. The standard InChI is InChI=1S/C10H7BrN2O4S2/c11-7-3-4-8(18-7)19(16,17)13-9-6(10(14)15)2-1-5-12-9/h1-5H,(H,12,13)(H,14,15). The van der Waals surface area contributed by atoms with E-state index in [1.807, 2.05) is 0 Å². The summed E-state index contributed by atoms with van der Waals surface area (Å²) in [7, 11) is -3.84. The maximum absolute atomic E-state index is 12.0. The van der Waals surface area contributed by atoms with Gasteiger partial charge in [0.05, 0.1) is 3.79 Å². The van der Waals surface area contributed by atoms with Crippen molar-refractivity contribution in [3.05, 3.63) is 39.8 Å². The summed E-state index contributed by atoms with van der Waals surface area (Å²) in [5.74, 6) is -1.46. The van der Waals surface area contributed by atoms with E-state index in [2.05, 4.69) is 25.6 Å². The monoisotopic (exact) mass is 362 g/mol. The van der Waals surface area contributed by atoms with Gasteiger partial charge in [0.25, 0.3) is 10.0 Å². The van der Waals surface area contributed by atoms with Gasteiger partial charge in [-0.05, 0) is 40.2 Å². The number of anilines is 1. The first kappa shape index (κ1) is 14.0. The lowest BCUT2D eigenvalue weighted by molar-refractivity contribution is 0.0697. The van der Waals surface area contributed by atoms with E-state index < -0.39 is 16.0 Å². The van der Waals surface area contributed by atoms with Gasteiger partial charge in [0.2, 0.25) is 0 Å². The van der Waals surface area contributed by atoms with Gasteiger partial charge < -0.3 is 5.11 Å². The number of carboxylic acids is 1. The molecule has 0 saturated carbocycles. The highest BCUT2D eigenvalue weighted by Crippen LogP contribution is 2.27. The molecule has 0 aliphatic carbocycles. The fourth-order valence-corrected chi connectivity index (χ4v) is 4.32. The number of aromatic nitrogens is 1. The van der Waals surface area contributed by atoms with Crippen LogP contribution in [0.25, 0.3) is 0 Å². The summed E-state index contributed by atoms with van der Waals surface area (Å²) in [5.41, 5.74) is -0.207. The van der Waals surface area contributed by atoms with Gasteiger partial charge in [0.15, 0.2) is 5.82 Å². The van der Waals surface area contributed by atoms with E-state index in [9.17, 15) is 13.2 Å². The lowest BCUT2D eigenvalue weighted by Gasteiger charge is -2.07. The van der Waals surface area contributed by atoms with Crippen molar-refractivity contribution in [3.63, 3.8) is 0 Å². The van der Waals surface area contributed by atoms with Crippen LogP contribution >= 0.6 is 27.3 Å². The van der Waals surface area contributed by atoms with Crippen LogP contribution in [-0.2, 0) is 10.0 Å². The number of halogens is 1. The first-order chi connectivity index (χ1) is 8.90. The van der Waals surface area contributed by atoms with Gasteiger partial charge in [0, 0.05) is 6.20 Å². The number of hydrogen-bond acceptors (Lipinski definition) is 5. The van der Waals surface area contributed by atoms with Crippen LogP contribution in [0.1, 0.15) is 10.4 Å². The molecule has 2 rings (SSSR count). The number of rotatable bonds is 4. The van der Waals surface area contributed by atoms with E-state index in [-0.39, 0.29) is 15.6 Å². The van der Waals surface area contributed by atoms with Gasteiger partial charge in [-0.2, -0.15) is 0 Å². The van der Waals surface area contributed by atoms with E-state index >= 15 is 0 Å². The Morgan fingerprint density at radius 3 is 2.68 bits per heavy atom. The zero-order chi connectivity index (χ0) is 14.0. The molecule has 2 aromatic heterocycles. The first-order valence-electron chi connectivity index (χ1n) is 4.86. The zero-order valence-corrected chi connectivity index (χ0v) is 12.4. The van der Waals surface area contributed by atoms with Gasteiger partial charge in [-0.3, -0.25) is 4.72 Å². The minimum Gasteiger partial charge on any atom is -0.478 e. The average molecular weight is 363 g/mol. The molecule has 2 aromatic rings. The summed E-state index contributed by atoms with van der Waals surface area (Å²) < 4.78 is 27.0. The molecule has 0 spiro atoms. The van der Waals surface area contributed by atoms with Crippen molar-refractivity contribution in [2.75, 3.05) is 4.72 Å². The SMILES string of the molecule is O=C(O)c1cccnc1NS(=O)(=O)c1ccc(Br)s1. The average Bonchev–Trinajstić information content (AvgIpc) is 2.76. The number of carbonyl (C=O) groups is 1. The van der Waals surface area contributed by atoms with E-state index in [4.69, 9.17) is 5.11 Å². The molecule has 0 saturated heterocycles. The number of hydrogen-bond donors (Lipinski definition) is 2. The third-order valence-electron chi connectivity index (χ3n) is 2.08. The zero-order valence-electron chi connectivity index (χ0n) is 9.20. The summed E-state index contributed by atoms with van der Waals surface area (Å²) in [4.78, 5) is 14.7. The van der Waals surface area contributed by atoms with E-state index in [1.165, 1.54) is 24.4 Å². The second-order valence-corrected chi connectivity index (χ2v) is 7.74. The highest BCUT2D eigenvalue weighted by molar-refractivity contribution is 9.11. The molecule has 2 N–H and O–H groups in total. The quantitative estimate of drug-likeness (QED) is 0.870. The van der Waals surface area contributed by atoms with E-state index in [1.54, 1.807) is 6.07 Å². The van der Waals surface area contributed by atoms with Gasteiger partial charge in [0.1, 0.15) is 9.77 Å². The maximum Gasteiger partial charge on any atom is 0.339 e. The summed E-state index contributed by atoms with van der Waals surface area (Å²) in [6, 6.07) is 5.71. The van der Waals surface area contributed by atoms with Gasteiger partial charge in [-0.25, -0.2) is 18.2 Å². The molecule has 0 aliphatic heterocycles. The van der Waals surface area contributed by atoms with E-state index in [0.717, 1.165) is 11.3 Å². The molecule has 0 amide bonds. The van der Waals surface area contributed by atoms with Crippen LogP contribution in [0, 0.1) is 0 Å². The molecule has 6 nitrogen and oxygen atoms in total. The van der Waals surface area contributed by atoms with Crippen LogP contribution in [0.5, 0.6) is 0 Å². The molecule has 9 heteroatoms. The lowest BCUT2D eigenvalue weighted by atomic mass is 10.3. The molecule has 0 atom stereocenters. The Bertz CT molecular complexity index is 727. The molecule has 100 valence electrons. The molecule has 0 bridgehead atoms. The number of carboxylic acid groups (broad SMARTS) is 1. The van der Waals surface area contributed by atoms with Crippen LogP contribution in [-0.4, -0.2) is 24.5 Å². The number of sulfonamides is 1. The van der Waals surface area contributed by atoms with Crippen LogP contribution in [0.3, 0.4) is 0 Å². The smallest absolute Gasteiger partial charge is 0.339 e. The maximum atomic E-state index is 12.0. The Morgan fingerprint density at radius 2 is 2.11 bits per heavy atom. The summed E-state index contributed by atoms with van der Waals surface area (Å²) in [6.07, 6.45) is 1.31. The highest BCUT2D eigenvalue weighted by Gasteiger charge is 2.20. The van der Waals surface area contributed by atoms with Crippen molar-refractivity contribution in [2.24, 2.45) is 0 Å². The number of pyridine rings is 1. The Morgan fingerprint density at radius 1 is 1.37 bits per heavy atom. The van der Waals surface area contributed by atoms with Crippen molar-refractivity contribution in [2.45, 2.75) is 4.21 Å². The fourth-order valence-electron chi connectivity index (χ4n) is 1.28. The predicted molar refractivity (Wildman–Crippen MR) is 74.0 cm³/mol. The number of thiophene rings is 1. The van der Waals surface area contributed by atoms with Gasteiger partial charge in [-0.15, -0.1) is 11.3 Å². The number of nitrogens with one attached hydrogen (secondary N) is 1. The Balaban J connectivity index is 2.39. The normalized spacial score (nSPS) is 11.2. The predicted octanol–water partition coefficient (Wildman–Crippen LogP) is 2.40. The lowest BCUT2D eigenvalue weighted by Crippen LogP contribution is -2.15. The first-order valence-corrected chi connectivity index (χ1v) is 7.96. The number of aromatic carboxylic acids is 1. The minimum absolute atomic E-state index is 0.0707. The third kappa shape index (κ3) is 3.11. The molecule has 19 heavy (non-hydrogen) atoms. The fraction of sp³-hybridized carbons (Fsp3) is 0. The second-order valence-electron chi connectivity index (χ2n) is 3.37. The van der Waals surface area contributed by atoms with Crippen molar-refractivity contribution < 1.29 is 18.3 Å². The summed E-state index contributed by atoms with van der Waals surface area (Å²) in [5, 5.41) is 8.96. The van der Waals surface area contributed by atoms with Crippen molar-refractivity contribution >= 4 is 49.1 Å². The van der Waals surface area contributed by atoms with Crippen LogP contribution in [0.15, 0.2) is 38.5 Å². The van der Waals surface area contributed by atoms with E-state index in [0.29, 0.717) is 3.79 Å². The van der Waals surface area contributed by atoms with Crippen molar-refractivity contribution in [1.82, 2.24) is 4.98 Å². The van der Waals surface area contributed by atoms with Crippen molar-refractivity contribution in [1.29, 1.82) is 0 Å². The summed E-state index contributed by atoms with van der Waals surface area (Å²) >= 11 is 4.18. The molecule has 0 radical (unpaired) electrons. The topological polar surface area (TPSA) is 96.4 Å². The van der Waals surface area contributed by atoms with Gasteiger partial charge >= 0.3 is 5.97 Å². The Hall–Kier alpha value is -1.45. The van der Waals surface area contributed by atoms with Crippen LogP contribution < -0.4 is 4.72 Å². The molecule has 2 heterocycles. The second kappa shape index (κ2) is 5.27. The Labute approximate surface area is 121 Å². The summed E-state index contributed by atoms with van der Waals surface area (Å²) in [6.45, 7) is 0. The molecular weight excluding hydrogens is 356 g/mol. The van der Waals surface area contributed by atoms with Crippen LogP contribution in [0.2, 0.25) is 0 Å². The molecular formula is C10H7BrN2O4S2. The minimum atomic E-state index is -3.84. The van der Waals surface area contributed by atoms with Crippen molar-refractivity contribution in [3.8, 4) is 0 Å². The molecule has 0 fully saturated rings. The molecule has 0 unspecified atom stereocenters. The largest absolute Gasteiger partial charge is 0.478 e. The van der Waals surface area contributed by atoms with Gasteiger partial charge in [-0.1, -0.05) is 0 Å². The number of nitrogens with zero attached hydrogens (tertiary/aromatic N) is 1.